The van der Waals surface area contributed by atoms with Crippen LogP contribution in [0, 0.1) is 0 Å². The van der Waals surface area contributed by atoms with Crippen molar-refractivity contribution in [2.75, 3.05) is 0 Å². The molecular weight excluding hydrogens is 280 g/mol. The zero-order chi connectivity index (χ0) is 14.3. The lowest BCUT2D eigenvalue weighted by Gasteiger charge is -2.09. The molecule has 0 bridgehead atoms. The highest BCUT2D eigenvalue weighted by molar-refractivity contribution is 6.30. The van der Waals surface area contributed by atoms with E-state index in [2.05, 4.69) is 4.98 Å². The van der Waals surface area contributed by atoms with Gasteiger partial charge in [-0.05, 0) is 29.8 Å². The molecule has 0 spiro atoms. The van der Waals surface area contributed by atoms with Crippen LogP contribution in [0.3, 0.4) is 0 Å². The molecule has 1 aromatic carbocycles. The van der Waals surface area contributed by atoms with Crippen LogP contribution in [0.1, 0.15) is 0 Å². The van der Waals surface area contributed by atoms with Crippen molar-refractivity contribution >= 4 is 22.6 Å². The van der Waals surface area contributed by atoms with Crippen LogP contribution in [0.4, 0.5) is 0 Å². The fourth-order valence-electron chi connectivity index (χ4n) is 2.09. The molecule has 0 aliphatic rings. The van der Waals surface area contributed by atoms with E-state index in [0.29, 0.717) is 15.3 Å². The lowest BCUT2D eigenvalue weighted by molar-refractivity contribution is 0.186. The molecule has 0 radical (unpaired) electrons. The lowest BCUT2D eigenvalue weighted by Crippen LogP contribution is -2.20. The van der Waals surface area contributed by atoms with Gasteiger partial charge in [0.1, 0.15) is 5.75 Å². The van der Waals surface area contributed by atoms with Gasteiger partial charge in [-0.2, -0.15) is 0 Å². The summed E-state index contributed by atoms with van der Waals surface area (Å²) in [7, 11) is 0. The van der Waals surface area contributed by atoms with Gasteiger partial charge in [-0.1, -0.05) is 23.7 Å². The number of pyridine rings is 2. The minimum absolute atomic E-state index is 0.000720. The van der Waals surface area contributed by atoms with Gasteiger partial charge in [0.2, 0.25) is 0 Å². The number of hydrogen-bond acceptors (Lipinski definition) is 4. The Balaban J connectivity index is 2.46. The van der Waals surface area contributed by atoms with Crippen molar-refractivity contribution in [1.29, 1.82) is 0 Å². The molecule has 6 heteroatoms. The molecule has 0 aliphatic carbocycles. The summed E-state index contributed by atoms with van der Waals surface area (Å²) < 4.78 is 0.422. The Bertz CT molecular complexity index is 874. The second kappa shape index (κ2) is 4.54. The minimum atomic E-state index is -0.754. The van der Waals surface area contributed by atoms with Crippen molar-refractivity contribution in [1.82, 2.24) is 9.71 Å². The van der Waals surface area contributed by atoms with Crippen molar-refractivity contribution in [3.8, 4) is 16.9 Å². The van der Waals surface area contributed by atoms with Crippen molar-refractivity contribution in [2.45, 2.75) is 0 Å². The zero-order valence-corrected chi connectivity index (χ0v) is 10.9. The fraction of sp³-hybridized carbons (Fsp3) is 0. The molecule has 2 aromatic heterocycles. The maximum atomic E-state index is 12.2. The molecule has 2 heterocycles. The van der Waals surface area contributed by atoms with E-state index in [9.17, 15) is 15.1 Å². The number of halogens is 1. The summed E-state index contributed by atoms with van der Waals surface area (Å²) in [6, 6.07) is 9.66. The van der Waals surface area contributed by atoms with E-state index >= 15 is 0 Å². The molecule has 2 N–H and O–H groups in total. The van der Waals surface area contributed by atoms with Gasteiger partial charge in [-0.15, -0.1) is 4.73 Å². The molecule has 0 saturated heterocycles. The third-order valence-corrected chi connectivity index (χ3v) is 3.23. The summed E-state index contributed by atoms with van der Waals surface area (Å²) in [4.78, 5) is 16.1. The fourth-order valence-corrected chi connectivity index (χ4v) is 2.28. The van der Waals surface area contributed by atoms with Gasteiger partial charge < -0.3 is 10.3 Å². The molecule has 100 valence electrons. The summed E-state index contributed by atoms with van der Waals surface area (Å²) in [5.41, 5.74) is -0.346. The van der Waals surface area contributed by atoms with Crippen LogP contribution >= 0.6 is 11.6 Å². The van der Waals surface area contributed by atoms with Gasteiger partial charge in [0.25, 0.3) is 5.56 Å². The number of hydrogen-bond donors (Lipinski definition) is 2. The normalized spacial score (nSPS) is 10.8. The summed E-state index contributed by atoms with van der Waals surface area (Å²) >= 11 is 5.89. The zero-order valence-electron chi connectivity index (χ0n) is 10.1. The van der Waals surface area contributed by atoms with Gasteiger partial charge >= 0.3 is 0 Å². The Hall–Kier alpha value is -2.53. The van der Waals surface area contributed by atoms with Gasteiger partial charge in [-0.25, -0.2) is 4.98 Å². The Kier molecular flexibility index (Phi) is 2.84. The Morgan fingerprint density at radius 2 is 2.00 bits per heavy atom. The molecule has 3 rings (SSSR count). The highest BCUT2D eigenvalue weighted by atomic mass is 35.5. The second-order valence-corrected chi connectivity index (χ2v) is 4.66. The molecule has 0 atom stereocenters. The van der Waals surface area contributed by atoms with Crippen molar-refractivity contribution < 1.29 is 10.3 Å². The van der Waals surface area contributed by atoms with Crippen LogP contribution in [0.2, 0.25) is 5.02 Å². The van der Waals surface area contributed by atoms with Crippen LogP contribution in [0.5, 0.6) is 5.75 Å². The Morgan fingerprint density at radius 1 is 1.20 bits per heavy atom. The van der Waals surface area contributed by atoms with Gasteiger partial charge in [0, 0.05) is 11.2 Å². The average Bonchev–Trinajstić information content (AvgIpc) is 2.45. The maximum Gasteiger partial charge on any atom is 0.296 e. The first-order chi connectivity index (χ1) is 9.59. The quantitative estimate of drug-likeness (QED) is 0.675. The predicted octanol–water partition coefficient (Wildman–Crippen LogP) is 2.66. The first kappa shape index (κ1) is 12.5. The van der Waals surface area contributed by atoms with Crippen LogP contribution in [0.15, 0.2) is 47.4 Å². The SMILES string of the molecule is O=c1c(-c2cccc(Cl)c2)c(O)c2cccnc2n1O. The van der Waals surface area contributed by atoms with Crippen LogP contribution < -0.4 is 5.56 Å². The Labute approximate surface area is 118 Å². The third kappa shape index (κ3) is 1.80. The average molecular weight is 289 g/mol. The van der Waals surface area contributed by atoms with E-state index in [4.69, 9.17) is 11.6 Å². The third-order valence-electron chi connectivity index (χ3n) is 3.00. The van der Waals surface area contributed by atoms with E-state index in [0.717, 1.165) is 0 Å². The topological polar surface area (TPSA) is 75.3 Å². The van der Waals surface area contributed by atoms with E-state index in [-0.39, 0.29) is 22.3 Å². The van der Waals surface area contributed by atoms with Crippen molar-refractivity contribution in [2.24, 2.45) is 0 Å². The lowest BCUT2D eigenvalue weighted by atomic mass is 10.0. The maximum absolute atomic E-state index is 12.2. The number of benzene rings is 1. The first-order valence-corrected chi connectivity index (χ1v) is 6.15. The number of fused-ring (bicyclic) bond motifs is 1. The van der Waals surface area contributed by atoms with Crippen LogP contribution in [-0.2, 0) is 0 Å². The minimum Gasteiger partial charge on any atom is -0.506 e. The monoisotopic (exact) mass is 288 g/mol. The Morgan fingerprint density at radius 3 is 2.75 bits per heavy atom. The molecule has 0 amide bonds. The number of rotatable bonds is 1. The van der Waals surface area contributed by atoms with Crippen LogP contribution in [-0.4, -0.2) is 20.0 Å². The van der Waals surface area contributed by atoms with E-state index in [1.807, 2.05) is 0 Å². The van der Waals surface area contributed by atoms with Crippen molar-refractivity contribution in [3.63, 3.8) is 0 Å². The van der Waals surface area contributed by atoms with E-state index in [1.54, 1.807) is 36.4 Å². The molecule has 0 unspecified atom stereocenters. The summed E-state index contributed by atoms with van der Waals surface area (Å²) in [6.07, 6.45) is 1.42. The van der Waals surface area contributed by atoms with E-state index in [1.165, 1.54) is 6.20 Å². The number of nitrogens with zero attached hydrogens (tertiary/aromatic N) is 2. The molecule has 5 nitrogen and oxygen atoms in total. The standard InChI is InChI=1S/C14H9ClN2O3/c15-9-4-1-3-8(7-9)11-12(18)10-5-2-6-16-13(10)17(20)14(11)19/h1-7,18,20H. The second-order valence-electron chi connectivity index (χ2n) is 4.23. The smallest absolute Gasteiger partial charge is 0.296 e. The molecule has 3 aromatic rings. The highest BCUT2D eigenvalue weighted by Gasteiger charge is 2.18. The number of aromatic nitrogens is 2. The summed E-state index contributed by atoms with van der Waals surface area (Å²) in [6.45, 7) is 0. The largest absolute Gasteiger partial charge is 0.506 e. The number of aromatic hydroxyl groups is 1. The van der Waals surface area contributed by atoms with Gasteiger partial charge in [0.05, 0.1) is 10.9 Å². The van der Waals surface area contributed by atoms with Crippen molar-refractivity contribution in [3.05, 3.63) is 58.0 Å². The molecule has 0 saturated carbocycles. The summed E-state index contributed by atoms with van der Waals surface area (Å²) in [5.74, 6) is -0.231. The highest BCUT2D eigenvalue weighted by Crippen LogP contribution is 2.32. The summed E-state index contributed by atoms with van der Waals surface area (Å²) in [5, 5.41) is 20.9. The predicted molar refractivity (Wildman–Crippen MR) is 75.3 cm³/mol. The molecule has 0 aliphatic heterocycles. The molecular formula is C14H9ClN2O3. The first-order valence-electron chi connectivity index (χ1n) is 5.77. The molecule has 0 fully saturated rings. The van der Waals surface area contributed by atoms with Crippen LogP contribution in [0.25, 0.3) is 22.2 Å². The van der Waals surface area contributed by atoms with Gasteiger partial charge in [0.15, 0.2) is 5.65 Å². The van der Waals surface area contributed by atoms with Gasteiger partial charge in [-0.3, -0.25) is 4.79 Å². The van der Waals surface area contributed by atoms with E-state index < -0.39 is 5.56 Å². The molecule has 20 heavy (non-hydrogen) atoms.